The highest BCUT2D eigenvalue weighted by Gasteiger charge is 2.33. The second-order valence-corrected chi connectivity index (χ2v) is 7.49. The van der Waals surface area contributed by atoms with E-state index in [4.69, 9.17) is 9.47 Å². The minimum absolute atomic E-state index is 0.117. The summed E-state index contributed by atoms with van der Waals surface area (Å²) in [4.78, 5) is 20.5. The van der Waals surface area contributed by atoms with Crippen molar-refractivity contribution in [3.8, 4) is 11.5 Å². The summed E-state index contributed by atoms with van der Waals surface area (Å²) >= 11 is 1.73. The number of Topliss-reactive ketones (excluding diaryl/α,β-unsaturated/α-hetero) is 1. The minimum Gasteiger partial charge on any atom is -0.478 e. The van der Waals surface area contributed by atoms with Crippen LogP contribution < -0.4 is 9.47 Å². The van der Waals surface area contributed by atoms with Crippen LogP contribution in [-0.4, -0.2) is 22.4 Å². The zero-order chi connectivity index (χ0) is 18.2. The molecule has 0 saturated carbocycles. The van der Waals surface area contributed by atoms with Crippen molar-refractivity contribution < 1.29 is 14.3 Å². The molecule has 134 valence electrons. The zero-order valence-electron chi connectivity index (χ0n) is 14.4. The summed E-state index contributed by atoms with van der Waals surface area (Å²) < 4.78 is 11.9. The second-order valence-electron chi connectivity index (χ2n) is 6.45. The van der Waals surface area contributed by atoms with Gasteiger partial charge in [0, 0.05) is 30.2 Å². The van der Waals surface area contributed by atoms with E-state index in [-0.39, 0.29) is 5.78 Å². The Bertz CT molecular complexity index is 1030. The predicted octanol–water partition coefficient (Wildman–Crippen LogP) is 4.11. The van der Waals surface area contributed by atoms with Crippen molar-refractivity contribution in [3.05, 3.63) is 81.5 Å². The molecule has 4 heterocycles. The van der Waals surface area contributed by atoms with Gasteiger partial charge in [0.25, 0.3) is 0 Å². The predicted molar refractivity (Wildman–Crippen MR) is 103 cm³/mol. The van der Waals surface area contributed by atoms with Gasteiger partial charge in [0.05, 0.1) is 16.8 Å². The minimum atomic E-state index is -0.117. The first-order valence-corrected chi connectivity index (χ1v) is 9.54. The number of hydrogen-bond donors (Lipinski definition) is 0. The molecule has 27 heavy (non-hydrogen) atoms. The molecule has 0 amide bonds. The molecule has 0 fully saturated rings. The largest absolute Gasteiger partial charge is 0.478 e. The summed E-state index contributed by atoms with van der Waals surface area (Å²) in [7, 11) is 0. The molecule has 0 bridgehead atoms. The van der Waals surface area contributed by atoms with Crippen LogP contribution in [0.4, 0.5) is 0 Å². The Kier molecular flexibility index (Phi) is 3.99. The van der Waals surface area contributed by atoms with Crippen LogP contribution in [0.25, 0.3) is 6.08 Å². The summed E-state index contributed by atoms with van der Waals surface area (Å²) in [6.45, 7) is 2.01. The standard InChI is InChI=1S/C21H16N2O3S/c24-20-16-6-7-18-17(12-23(13-25-18)11-15-5-3-9-27-15)21(16)26-19(20)10-14-4-1-2-8-22-14/h1-10H,11-13H2/b19-10-. The van der Waals surface area contributed by atoms with Crippen LogP contribution in [-0.2, 0) is 13.1 Å². The number of fused-ring (bicyclic) bond motifs is 3. The maximum Gasteiger partial charge on any atom is 0.232 e. The fourth-order valence-corrected chi connectivity index (χ4v) is 4.07. The van der Waals surface area contributed by atoms with Gasteiger partial charge in [-0.2, -0.15) is 0 Å². The van der Waals surface area contributed by atoms with Gasteiger partial charge >= 0.3 is 0 Å². The maximum atomic E-state index is 12.8. The van der Waals surface area contributed by atoms with Gasteiger partial charge in [-0.15, -0.1) is 11.3 Å². The van der Waals surface area contributed by atoms with Gasteiger partial charge in [-0.3, -0.25) is 14.7 Å². The lowest BCUT2D eigenvalue weighted by atomic mass is 10.0. The quantitative estimate of drug-likeness (QED) is 0.644. The normalized spacial score (nSPS) is 17.3. The van der Waals surface area contributed by atoms with Crippen LogP contribution in [0.15, 0.2) is 59.8 Å². The van der Waals surface area contributed by atoms with Crippen molar-refractivity contribution in [2.45, 2.75) is 13.1 Å². The Morgan fingerprint density at radius 1 is 1.19 bits per heavy atom. The lowest BCUT2D eigenvalue weighted by Crippen LogP contribution is -2.31. The van der Waals surface area contributed by atoms with E-state index in [2.05, 4.69) is 21.3 Å². The number of carbonyl (C=O) groups excluding carboxylic acids is 1. The van der Waals surface area contributed by atoms with Crippen molar-refractivity contribution in [3.63, 3.8) is 0 Å². The molecule has 0 aliphatic carbocycles. The van der Waals surface area contributed by atoms with Crippen LogP contribution in [0.2, 0.25) is 0 Å². The molecule has 0 atom stereocenters. The fraction of sp³-hybridized carbons (Fsp3) is 0.143. The Hall–Kier alpha value is -2.96. The summed E-state index contributed by atoms with van der Waals surface area (Å²) in [6, 6.07) is 13.4. The summed E-state index contributed by atoms with van der Waals surface area (Å²) in [5.74, 6) is 1.57. The highest BCUT2D eigenvalue weighted by molar-refractivity contribution is 7.09. The van der Waals surface area contributed by atoms with Crippen LogP contribution in [0, 0.1) is 0 Å². The van der Waals surface area contributed by atoms with Gasteiger partial charge in [-0.05, 0) is 35.7 Å². The number of carbonyl (C=O) groups is 1. The molecule has 3 aromatic rings. The number of nitrogens with zero attached hydrogens (tertiary/aromatic N) is 2. The first-order chi connectivity index (χ1) is 13.3. The molecule has 5 rings (SSSR count). The van der Waals surface area contributed by atoms with Crippen molar-refractivity contribution in [2.24, 2.45) is 0 Å². The Balaban J connectivity index is 1.45. The van der Waals surface area contributed by atoms with Gasteiger partial charge in [0.2, 0.25) is 5.78 Å². The average molecular weight is 376 g/mol. The van der Waals surface area contributed by atoms with Gasteiger partial charge in [0.1, 0.15) is 18.2 Å². The molecule has 2 aliphatic heterocycles. The summed E-state index contributed by atoms with van der Waals surface area (Å²) in [5, 5.41) is 2.07. The monoisotopic (exact) mass is 376 g/mol. The van der Waals surface area contributed by atoms with Crippen LogP contribution >= 0.6 is 11.3 Å². The number of rotatable bonds is 3. The molecule has 1 aromatic carbocycles. The molecule has 5 nitrogen and oxygen atoms in total. The number of ether oxygens (including phenoxy) is 2. The molecule has 0 spiro atoms. The molecule has 2 aromatic heterocycles. The van der Waals surface area contributed by atoms with E-state index in [0.717, 1.165) is 17.9 Å². The first kappa shape index (κ1) is 16.2. The van der Waals surface area contributed by atoms with Gasteiger partial charge in [0.15, 0.2) is 5.76 Å². The highest BCUT2D eigenvalue weighted by Crippen LogP contribution is 2.42. The Morgan fingerprint density at radius 2 is 2.15 bits per heavy atom. The van der Waals surface area contributed by atoms with E-state index in [9.17, 15) is 4.79 Å². The molecule has 0 saturated heterocycles. The van der Waals surface area contributed by atoms with Crippen LogP contribution in [0.1, 0.15) is 26.5 Å². The smallest absolute Gasteiger partial charge is 0.232 e. The zero-order valence-corrected chi connectivity index (χ0v) is 15.2. The molecule has 0 N–H and O–H groups in total. The topological polar surface area (TPSA) is 51.7 Å². The van der Waals surface area contributed by atoms with E-state index in [0.29, 0.717) is 36.0 Å². The maximum absolute atomic E-state index is 12.8. The Labute approximate surface area is 160 Å². The molecule has 0 radical (unpaired) electrons. The van der Waals surface area contributed by atoms with Crippen molar-refractivity contribution >= 4 is 23.2 Å². The molecular formula is C21H16N2O3S. The number of thiophene rings is 1. The fourth-order valence-electron chi connectivity index (χ4n) is 3.32. The third-order valence-electron chi connectivity index (χ3n) is 4.61. The lowest BCUT2D eigenvalue weighted by molar-refractivity contribution is 0.0882. The van der Waals surface area contributed by atoms with E-state index >= 15 is 0 Å². The number of pyridine rings is 1. The number of hydrogen-bond acceptors (Lipinski definition) is 6. The summed E-state index contributed by atoms with van der Waals surface area (Å²) in [5.41, 5.74) is 2.20. The lowest BCUT2D eigenvalue weighted by Gasteiger charge is -2.29. The van der Waals surface area contributed by atoms with Gasteiger partial charge in [-0.1, -0.05) is 12.1 Å². The van der Waals surface area contributed by atoms with Crippen molar-refractivity contribution in [1.29, 1.82) is 0 Å². The van der Waals surface area contributed by atoms with Gasteiger partial charge in [-0.25, -0.2) is 0 Å². The number of aromatic nitrogens is 1. The summed E-state index contributed by atoms with van der Waals surface area (Å²) in [6.07, 6.45) is 3.37. The average Bonchev–Trinajstić information content (AvgIpc) is 3.31. The molecule has 0 unspecified atom stereocenters. The van der Waals surface area contributed by atoms with Crippen LogP contribution in [0.5, 0.6) is 11.5 Å². The Morgan fingerprint density at radius 3 is 2.96 bits per heavy atom. The van der Waals surface area contributed by atoms with E-state index in [1.54, 1.807) is 29.7 Å². The van der Waals surface area contributed by atoms with Crippen LogP contribution in [0.3, 0.4) is 0 Å². The highest BCUT2D eigenvalue weighted by atomic mass is 32.1. The number of allylic oxidation sites excluding steroid dienone is 1. The second kappa shape index (κ2) is 6.64. The molecular weight excluding hydrogens is 360 g/mol. The van der Waals surface area contributed by atoms with E-state index in [1.807, 2.05) is 30.3 Å². The molecule has 6 heteroatoms. The van der Waals surface area contributed by atoms with Crippen molar-refractivity contribution in [2.75, 3.05) is 6.73 Å². The third kappa shape index (κ3) is 3.03. The third-order valence-corrected chi connectivity index (χ3v) is 5.47. The van der Waals surface area contributed by atoms with Crippen molar-refractivity contribution in [1.82, 2.24) is 9.88 Å². The van der Waals surface area contributed by atoms with E-state index < -0.39 is 0 Å². The molecule has 2 aliphatic rings. The van der Waals surface area contributed by atoms with Gasteiger partial charge < -0.3 is 9.47 Å². The number of ketones is 1. The number of benzene rings is 1. The van der Waals surface area contributed by atoms with E-state index in [1.165, 1.54) is 4.88 Å². The first-order valence-electron chi connectivity index (χ1n) is 8.66. The SMILES string of the molecule is O=C1/C(=C/c2ccccn2)Oc2c1ccc1c2CN(Cc2cccs2)CO1.